The van der Waals surface area contributed by atoms with Crippen LogP contribution in [0.2, 0.25) is 38.5 Å². The van der Waals surface area contributed by atoms with Crippen molar-refractivity contribution in [3.05, 3.63) is 0 Å². The molecule has 4 unspecified atom stereocenters. The van der Waals surface area contributed by atoms with Crippen LogP contribution in [-0.2, 0) is 26.9 Å². The third-order valence-corrected chi connectivity index (χ3v) is 82.6. The van der Waals surface area contributed by atoms with E-state index in [9.17, 15) is 0 Å². The smallest absolute Gasteiger partial charge is 0 e. The molecule has 4 saturated carbocycles. The maximum Gasteiger partial charge on any atom is 0 e. The van der Waals surface area contributed by atoms with Gasteiger partial charge in [-0.1, -0.05) is 0 Å². The van der Waals surface area contributed by atoms with E-state index in [0.717, 1.165) is 0 Å². The summed E-state index contributed by atoms with van der Waals surface area (Å²) in [6, 6.07) is 0. The van der Waals surface area contributed by atoms with Gasteiger partial charge in [0.2, 0.25) is 0 Å². The Kier molecular flexibility index (Phi) is 2.29. The fraction of sp³-hybridized carbons (Fsp3) is 1.00. The van der Waals surface area contributed by atoms with E-state index in [0.29, 0.717) is 15.8 Å². The average molecular weight is 685 g/mol. The Bertz CT molecular complexity index is 1350. The van der Waals surface area contributed by atoms with Crippen molar-refractivity contribution in [1.82, 2.24) is 0 Å². The van der Waals surface area contributed by atoms with Gasteiger partial charge in [0.15, 0.2) is 0 Å². The predicted octanol–water partition coefficient (Wildman–Crippen LogP) is 11.5. The van der Waals surface area contributed by atoms with Crippen molar-refractivity contribution in [3.8, 4) is 0 Å². The summed E-state index contributed by atoms with van der Waals surface area (Å²) in [5.74, 6) is 0. The first-order valence-electron chi connectivity index (χ1n) is 17.9. The maximum absolute atomic E-state index is 3.42. The molecule has 0 radical (unpaired) electrons. The first-order chi connectivity index (χ1) is 18.1. The van der Waals surface area contributed by atoms with E-state index in [2.05, 4.69) is 0 Å². The van der Waals surface area contributed by atoms with Crippen LogP contribution in [0.15, 0.2) is 0 Å². The zero-order chi connectivity index (χ0) is 23.5. The molecular formula is C34H52FeP2Pd. The van der Waals surface area contributed by atoms with Gasteiger partial charge in [-0.05, 0) is 0 Å². The summed E-state index contributed by atoms with van der Waals surface area (Å²) >= 11 is 0. The van der Waals surface area contributed by atoms with Crippen LogP contribution in [0.1, 0.15) is 128 Å². The van der Waals surface area contributed by atoms with Gasteiger partial charge >= 0.3 is 220 Å². The SMILES string of the molecule is C1CCC(P(C2CCCCC2)[C]23[CH]4[CH]5[CH]6[C]2(P(C2CCCCC2)C2CCCCC2)[Fe]54632789[CH]3[CH]2[CH]7[CH]8[CH]39)CC1.[Pd]. The molecule has 14 aliphatic rings. The molecule has 0 aromatic carbocycles. The summed E-state index contributed by atoms with van der Waals surface area (Å²) in [6.07, 6.45) is 33.4. The second-order valence-electron chi connectivity index (χ2n) is 19.7. The van der Waals surface area contributed by atoms with Crippen molar-refractivity contribution < 1.29 is 26.9 Å². The van der Waals surface area contributed by atoms with Gasteiger partial charge in [0.05, 0.1) is 0 Å². The fourth-order valence-electron chi connectivity index (χ4n) is 24.9. The molecule has 216 valence electrons. The van der Waals surface area contributed by atoms with E-state index in [1.807, 2.05) is 0 Å². The zero-order valence-corrected chi connectivity index (χ0v) is 28.1. The Labute approximate surface area is 239 Å². The topological polar surface area (TPSA) is 0 Å². The van der Waals surface area contributed by atoms with Crippen LogP contribution in [0.5, 0.6) is 0 Å². The summed E-state index contributed by atoms with van der Waals surface area (Å²) in [5, 5.41) is 0. The van der Waals surface area contributed by atoms with E-state index in [4.69, 9.17) is 0 Å². The normalized spacial score (nSPS) is 73.6. The fourth-order valence-corrected chi connectivity index (χ4v) is 136. The molecular weight excluding hydrogens is 633 g/mol. The Morgan fingerprint density at radius 1 is 0.368 bits per heavy atom. The number of hydrogen-bond donors (Lipinski definition) is 0. The molecule has 4 aliphatic carbocycles. The molecule has 0 N–H and O–H groups in total. The van der Waals surface area contributed by atoms with Gasteiger partial charge in [0.25, 0.3) is 0 Å². The molecule has 0 aromatic heterocycles. The summed E-state index contributed by atoms with van der Waals surface area (Å²) in [6.45, 7) is -3.42. The molecule has 38 heavy (non-hydrogen) atoms. The van der Waals surface area contributed by atoms with Crippen molar-refractivity contribution in [1.29, 1.82) is 0 Å². The van der Waals surface area contributed by atoms with E-state index in [1.165, 1.54) is 30.7 Å². The first-order valence-corrected chi connectivity index (χ1v) is 27.1. The minimum absolute atomic E-state index is 0. The van der Waals surface area contributed by atoms with Crippen molar-refractivity contribution in [3.63, 3.8) is 0 Å². The zero-order valence-electron chi connectivity index (χ0n) is 23.6. The number of fused-ring (bicyclic) bond motifs is 10. The van der Waals surface area contributed by atoms with Gasteiger partial charge in [-0.2, -0.15) is 0 Å². The molecule has 14 rings (SSSR count). The molecule has 1 spiro atoms. The van der Waals surface area contributed by atoms with E-state index >= 15 is 0 Å². The first kappa shape index (κ1) is 22.5. The summed E-state index contributed by atoms with van der Waals surface area (Å²) < 4.78 is 2.48. The Morgan fingerprint density at radius 2 is 0.632 bits per heavy atom. The second kappa shape index (κ2) is 3.86. The van der Waals surface area contributed by atoms with Crippen LogP contribution in [0.25, 0.3) is 0 Å². The minimum atomic E-state index is -3.42. The summed E-state index contributed by atoms with van der Waals surface area (Å²) in [7, 11) is 0.757. The molecule has 0 nitrogen and oxygen atoms in total. The quantitative estimate of drug-likeness (QED) is 0.193. The third kappa shape index (κ3) is 0.625. The molecule has 4 atom stereocenters. The Hall–Kier alpha value is 2.04. The molecule has 0 aromatic rings. The van der Waals surface area contributed by atoms with Crippen LogP contribution in [0.4, 0.5) is 0 Å². The van der Waals surface area contributed by atoms with Gasteiger partial charge in [0.1, 0.15) is 0 Å². The van der Waals surface area contributed by atoms with Crippen molar-refractivity contribution in [2.24, 2.45) is 0 Å². The summed E-state index contributed by atoms with van der Waals surface area (Å²) in [5.41, 5.74) is 5.16. The molecule has 0 amide bonds. The monoisotopic (exact) mass is 684 g/mol. The molecule has 10 aliphatic heterocycles. The van der Waals surface area contributed by atoms with Crippen LogP contribution in [-0.4, -0.2) is 30.7 Å². The Morgan fingerprint density at radius 3 is 0.842 bits per heavy atom. The largest absolute Gasteiger partial charge is 0 e. The van der Waals surface area contributed by atoms with Crippen LogP contribution < -0.4 is 0 Å². The average Bonchev–Trinajstić information content (AvgIpc) is 3.92. The van der Waals surface area contributed by atoms with Crippen LogP contribution >= 0.6 is 15.8 Å². The number of hydrogen-bond acceptors (Lipinski definition) is 0. The maximum atomic E-state index is 1.73. The molecule has 10 saturated heterocycles. The van der Waals surface area contributed by atoms with Gasteiger partial charge in [-0.25, -0.2) is 0 Å². The Balaban J connectivity index is 0.00000179. The van der Waals surface area contributed by atoms with Crippen molar-refractivity contribution in [2.75, 3.05) is 0 Å². The van der Waals surface area contributed by atoms with Crippen LogP contribution in [0, 0.1) is 0 Å². The van der Waals surface area contributed by atoms with Gasteiger partial charge < -0.3 is 0 Å². The molecule has 0 bridgehead atoms. The van der Waals surface area contributed by atoms with Crippen molar-refractivity contribution >= 4 is 15.8 Å². The molecule has 14 fully saturated rings. The van der Waals surface area contributed by atoms with Gasteiger partial charge in [-0.3, -0.25) is 0 Å². The standard InChI is InChI=1S/C29H47P2.C5H5.Fe.Pd/c1-5-14-24(15-6-1)30(25-16-7-2-8-17-25)28-22-13-23-29(28)31(26-18-9-3-10-19-26)27-20-11-4-12-21-27;1-2-4-5-3-1;;/h13,22-27H,1-12,14-21H2;1-5H;;. The van der Waals surface area contributed by atoms with Gasteiger partial charge in [0, 0.05) is 20.4 Å². The molecule has 4 heteroatoms. The van der Waals surface area contributed by atoms with Gasteiger partial charge in [-0.15, -0.1) is 0 Å². The number of rotatable bonds is 6. The second-order valence-corrected chi connectivity index (χ2v) is 49.6. The summed E-state index contributed by atoms with van der Waals surface area (Å²) in [4.78, 5) is 12.6. The van der Waals surface area contributed by atoms with E-state index in [-0.39, 0.29) is 20.4 Å². The molecule has 10 heterocycles. The van der Waals surface area contributed by atoms with E-state index < -0.39 is 6.51 Å². The third-order valence-electron chi connectivity index (χ3n) is 23.3. The van der Waals surface area contributed by atoms with E-state index in [1.54, 1.807) is 167 Å². The van der Waals surface area contributed by atoms with Crippen molar-refractivity contribution in [2.45, 2.75) is 198 Å². The minimum Gasteiger partial charge on any atom is 0 e. The predicted molar refractivity (Wildman–Crippen MR) is 157 cm³/mol. The van der Waals surface area contributed by atoms with Crippen LogP contribution in [0.3, 0.4) is 0 Å².